The second-order valence-corrected chi connectivity index (χ2v) is 2.89. The lowest BCUT2D eigenvalue weighted by molar-refractivity contribution is 1.32. The van der Waals surface area contributed by atoms with Crippen molar-refractivity contribution in [2.45, 2.75) is 5.52 Å². The molecule has 0 saturated heterocycles. The van der Waals surface area contributed by atoms with Crippen LogP contribution in [0.4, 0.5) is 0 Å². The quantitative estimate of drug-likeness (QED) is 0.420. The van der Waals surface area contributed by atoms with Gasteiger partial charge in [-0.1, -0.05) is 0 Å². The Bertz CT molecular complexity index is 10.8. The maximum Gasteiger partial charge on any atom is 0.0326 e. The molecule has 0 aliphatic rings. The molecule has 3 heteroatoms. The minimum Gasteiger partial charge on any atom is -0.321 e. The van der Waals surface area contributed by atoms with E-state index in [1.807, 2.05) is 0 Å². The zero-order valence-corrected chi connectivity index (χ0v) is 4.62. The lowest BCUT2D eigenvalue weighted by atomic mass is 11.5. The predicted octanol–water partition coefficient (Wildman–Crippen LogP) is -0.0211. The van der Waals surface area contributed by atoms with Crippen LogP contribution in [-0.4, -0.2) is 5.52 Å². The third kappa shape index (κ3) is 13.9. The number of hydrogen-bond donors (Lipinski definition) is 1. The molecule has 2 unspecified atom stereocenters. The highest BCUT2D eigenvalue weighted by molar-refractivity contribution is 7.37. The lowest BCUT2D eigenvalue weighted by Crippen LogP contribution is -1.97. The van der Waals surface area contributed by atoms with Gasteiger partial charge in [0.1, 0.15) is 0 Å². The smallest absolute Gasteiger partial charge is 0.0326 e. The second-order valence-electron chi connectivity index (χ2n) is 0.577. The molecule has 0 aromatic carbocycles. The van der Waals surface area contributed by atoms with Crippen LogP contribution in [0.25, 0.3) is 0 Å². The van der Waals surface area contributed by atoms with Gasteiger partial charge in [-0.25, -0.2) is 0 Å². The lowest BCUT2D eigenvalue weighted by Gasteiger charge is -1.81. The molecule has 26 valence electrons. The zero-order valence-electron chi connectivity index (χ0n) is 2.31. The maximum atomic E-state index is 5.04. The molecule has 0 spiro atoms. The van der Waals surface area contributed by atoms with Crippen molar-refractivity contribution < 1.29 is 0 Å². The molecule has 0 heterocycles. The summed E-state index contributed by atoms with van der Waals surface area (Å²) >= 11 is 0. The Kier molecular flexibility index (Phi) is 2.51. The highest BCUT2D eigenvalue weighted by Gasteiger charge is 1.66. The molecule has 0 aromatic rings. The van der Waals surface area contributed by atoms with Crippen LogP contribution in [0.3, 0.4) is 0 Å². The van der Waals surface area contributed by atoms with E-state index >= 15 is 0 Å². The molecule has 0 saturated carbocycles. The summed E-state index contributed by atoms with van der Waals surface area (Å²) in [5.74, 6) is 0. The average Bonchev–Trinajstić information content (AvgIpc) is 0.811. The standard InChI is InChI=1S/CH7NP2/c2-1(3)4/h1H,2-4H2. The summed E-state index contributed by atoms with van der Waals surface area (Å²) in [5, 5.41) is 0. The highest BCUT2D eigenvalue weighted by Crippen LogP contribution is 1.96. The summed E-state index contributed by atoms with van der Waals surface area (Å²) in [4.78, 5) is 0. The Morgan fingerprint density at radius 1 is 1.50 bits per heavy atom. The van der Waals surface area contributed by atoms with Gasteiger partial charge in [-0.2, -0.15) is 0 Å². The third-order valence-electron chi connectivity index (χ3n) is 0. The van der Waals surface area contributed by atoms with Gasteiger partial charge in [0.25, 0.3) is 0 Å². The Labute approximate surface area is 30.7 Å². The van der Waals surface area contributed by atoms with Crippen LogP contribution in [0.1, 0.15) is 0 Å². The van der Waals surface area contributed by atoms with Gasteiger partial charge >= 0.3 is 0 Å². The van der Waals surface area contributed by atoms with E-state index in [4.69, 9.17) is 5.73 Å². The number of rotatable bonds is 0. The van der Waals surface area contributed by atoms with E-state index in [1.54, 1.807) is 0 Å². The first-order chi connectivity index (χ1) is 1.73. The minimum atomic E-state index is 0.167. The number of nitrogens with two attached hydrogens (primary N) is 1. The second kappa shape index (κ2) is 2.08. The minimum absolute atomic E-state index is 0.167. The highest BCUT2D eigenvalue weighted by atomic mass is 31.1. The molecule has 4 heavy (non-hydrogen) atoms. The van der Waals surface area contributed by atoms with Crippen molar-refractivity contribution in [2.24, 2.45) is 5.73 Å². The van der Waals surface area contributed by atoms with Crippen LogP contribution in [0.5, 0.6) is 0 Å². The topological polar surface area (TPSA) is 26.0 Å². The van der Waals surface area contributed by atoms with E-state index in [1.165, 1.54) is 0 Å². The van der Waals surface area contributed by atoms with Gasteiger partial charge in [0.2, 0.25) is 0 Å². The van der Waals surface area contributed by atoms with Gasteiger partial charge in [0.05, 0.1) is 0 Å². The van der Waals surface area contributed by atoms with E-state index in [0.717, 1.165) is 0 Å². The molecule has 0 radical (unpaired) electrons. The first-order valence-electron chi connectivity index (χ1n) is 1.00. The average molecular weight is 95.0 g/mol. The van der Waals surface area contributed by atoms with Gasteiger partial charge in [-0.15, -0.1) is 18.5 Å². The molecule has 0 bridgehead atoms. The van der Waals surface area contributed by atoms with Crippen molar-refractivity contribution >= 4 is 18.5 Å². The molecule has 0 aliphatic heterocycles. The van der Waals surface area contributed by atoms with Crippen LogP contribution in [0.2, 0.25) is 0 Å². The van der Waals surface area contributed by atoms with E-state index in [9.17, 15) is 0 Å². The van der Waals surface area contributed by atoms with Gasteiger partial charge in [0.15, 0.2) is 0 Å². The Morgan fingerprint density at radius 2 is 1.50 bits per heavy atom. The fraction of sp³-hybridized carbons (Fsp3) is 1.00. The molecular formula is CH7NP2. The van der Waals surface area contributed by atoms with Crippen molar-refractivity contribution in [3.05, 3.63) is 0 Å². The molecule has 0 rings (SSSR count). The van der Waals surface area contributed by atoms with E-state index < -0.39 is 0 Å². The van der Waals surface area contributed by atoms with Crippen LogP contribution < -0.4 is 5.73 Å². The van der Waals surface area contributed by atoms with E-state index in [0.29, 0.717) is 0 Å². The van der Waals surface area contributed by atoms with Gasteiger partial charge in [0, 0.05) is 5.52 Å². The summed E-state index contributed by atoms with van der Waals surface area (Å²) in [6, 6.07) is 0. The van der Waals surface area contributed by atoms with Crippen molar-refractivity contribution in [2.75, 3.05) is 0 Å². The summed E-state index contributed by atoms with van der Waals surface area (Å²) in [6.45, 7) is 0. The first-order valence-corrected chi connectivity index (χ1v) is 2.33. The Morgan fingerprint density at radius 3 is 1.50 bits per heavy atom. The molecule has 0 aliphatic carbocycles. The van der Waals surface area contributed by atoms with E-state index in [2.05, 4.69) is 18.5 Å². The normalized spacial score (nSPS) is 9.00. The molecule has 0 aromatic heterocycles. The molecule has 0 fully saturated rings. The van der Waals surface area contributed by atoms with Crippen LogP contribution in [0.15, 0.2) is 0 Å². The SMILES string of the molecule is NC(P)P. The molecule has 2 N–H and O–H groups in total. The van der Waals surface area contributed by atoms with Crippen molar-refractivity contribution in [1.29, 1.82) is 0 Å². The van der Waals surface area contributed by atoms with Crippen LogP contribution in [-0.2, 0) is 0 Å². The zero-order chi connectivity index (χ0) is 3.58. The van der Waals surface area contributed by atoms with Gasteiger partial charge in [-0.05, 0) is 0 Å². The van der Waals surface area contributed by atoms with Crippen molar-refractivity contribution in [3.8, 4) is 0 Å². The summed E-state index contributed by atoms with van der Waals surface area (Å²) in [7, 11) is 4.80. The van der Waals surface area contributed by atoms with Crippen LogP contribution >= 0.6 is 18.5 Å². The molecule has 0 amide bonds. The summed E-state index contributed by atoms with van der Waals surface area (Å²) < 4.78 is 0. The predicted molar refractivity (Wildman–Crippen MR) is 27.4 cm³/mol. The van der Waals surface area contributed by atoms with E-state index in [-0.39, 0.29) is 5.52 Å². The fourth-order valence-electron chi connectivity index (χ4n) is 0. The van der Waals surface area contributed by atoms with Gasteiger partial charge in [-0.3, -0.25) is 0 Å². The van der Waals surface area contributed by atoms with Crippen molar-refractivity contribution in [3.63, 3.8) is 0 Å². The van der Waals surface area contributed by atoms with Gasteiger partial charge < -0.3 is 5.73 Å². The molecule has 1 nitrogen and oxygen atoms in total. The Balaban J connectivity index is 2.32. The fourth-order valence-corrected chi connectivity index (χ4v) is 0. The molecule has 2 atom stereocenters. The number of hydrogen-bond acceptors (Lipinski definition) is 1. The molecular weight excluding hydrogens is 88.0 g/mol. The third-order valence-corrected chi connectivity index (χ3v) is 0. The first kappa shape index (κ1) is 4.82. The van der Waals surface area contributed by atoms with Crippen LogP contribution in [0, 0.1) is 0 Å². The largest absolute Gasteiger partial charge is 0.321 e. The Hall–Kier alpha value is 0.820. The maximum absolute atomic E-state index is 5.04. The summed E-state index contributed by atoms with van der Waals surface area (Å²) in [5.41, 5.74) is 5.20. The summed E-state index contributed by atoms with van der Waals surface area (Å²) in [6.07, 6.45) is 0. The van der Waals surface area contributed by atoms with Crippen molar-refractivity contribution in [1.82, 2.24) is 0 Å². The monoisotopic (exact) mass is 95.0 g/mol.